The number of aliphatic hydroxyl groups excluding tert-OH is 1. The van der Waals surface area contributed by atoms with E-state index in [1.54, 1.807) is 44.3 Å². The first-order chi connectivity index (χ1) is 51.4. The van der Waals surface area contributed by atoms with Gasteiger partial charge in [0.15, 0.2) is 5.96 Å². The fourth-order valence-electron chi connectivity index (χ4n) is 11.9. The van der Waals surface area contributed by atoms with E-state index in [1.165, 1.54) is 41.7 Å². The van der Waals surface area contributed by atoms with Gasteiger partial charge in [0.05, 0.1) is 71.4 Å². The van der Waals surface area contributed by atoms with E-state index in [1.807, 2.05) is 0 Å². The lowest BCUT2D eigenvalue weighted by Gasteiger charge is -2.31. The van der Waals surface area contributed by atoms with Gasteiger partial charge in [0.2, 0.25) is 65.0 Å². The lowest BCUT2D eigenvalue weighted by Crippen LogP contribution is -2.61. The molecule has 2 fully saturated rings. The van der Waals surface area contributed by atoms with Crippen molar-refractivity contribution < 1.29 is 82.0 Å². The van der Waals surface area contributed by atoms with Gasteiger partial charge in [-0.2, -0.15) is 0 Å². The van der Waals surface area contributed by atoms with E-state index < -0.39 is 127 Å². The number of aromatic amines is 2. The zero-order valence-electron chi connectivity index (χ0n) is 60.1. The molecule has 9 unspecified atom stereocenters. The molecular weight excluding hydrogens is 1390 g/mol. The van der Waals surface area contributed by atoms with Crippen LogP contribution in [-0.2, 0) is 91.0 Å². The molecule has 2 aliphatic heterocycles. The number of hydrogen-bond donors (Lipinski definition) is 18. The van der Waals surface area contributed by atoms with Crippen LogP contribution >= 0.6 is 0 Å². The molecule has 9 atom stereocenters. The number of para-hydroxylation sites is 1. The second-order valence-corrected chi connectivity index (χ2v) is 26.2. The minimum absolute atomic E-state index is 0.00894. The van der Waals surface area contributed by atoms with E-state index >= 15 is 4.79 Å². The number of hydrogen-bond acceptors (Lipinski definition) is 21. The number of ketones is 1. The number of H-pyrrole nitrogens is 2. The van der Waals surface area contributed by atoms with Crippen LogP contribution in [0.3, 0.4) is 0 Å². The molecule has 2 aliphatic rings. The summed E-state index contributed by atoms with van der Waals surface area (Å²) in [6, 6.07) is 0.277. The number of guanidine groups is 1. The molecule has 38 nitrogen and oxygen atoms in total. The third-order valence-electron chi connectivity index (χ3n) is 17.4. The van der Waals surface area contributed by atoms with Crippen molar-refractivity contribution in [3.05, 3.63) is 94.5 Å². The predicted octanol–water partition coefficient (Wildman–Crippen LogP) is -2.73. The number of benzene rings is 2. The molecule has 0 saturated carbocycles. The monoisotopic (exact) mass is 1500 g/mol. The summed E-state index contributed by atoms with van der Waals surface area (Å²) in [5, 5.41) is 62.4. The van der Waals surface area contributed by atoms with Crippen LogP contribution in [0.25, 0.3) is 21.3 Å². The highest BCUT2D eigenvalue weighted by Gasteiger charge is 2.40. The summed E-state index contributed by atoms with van der Waals surface area (Å²) >= 11 is 0. The third-order valence-corrected chi connectivity index (χ3v) is 17.4. The number of nitrogens with one attached hydrogen (secondary N) is 14. The second kappa shape index (κ2) is 45.5. The highest BCUT2D eigenvalue weighted by atomic mass is 16.5. The summed E-state index contributed by atoms with van der Waals surface area (Å²) in [5.41, 5.74) is 21.1. The zero-order chi connectivity index (χ0) is 77.6. The first kappa shape index (κ1) is 85.1. The van der Waals surface area contributed by atoms with E-state index in [9.17, 15) is 63.0 Å². The van der Waals surface area contributed by atoms with Gasteiger partial charge in [-0.15, -0.1) is 0 Å². The molecule has 584 valence electrons. The highest BCUT2D eigenvalue weighted by Crippen LogP contribution is 2.23. The summed E-state index contributed by atoms with van der Waals surface area (Å²) in [5.74, 6) is -9.64. The van der Waals surface area contributed by atoms with Gasteiger partial charge < -0.3 is 109 Å². The smallest absolute Gasteiger partial charge is 0.245 e. The quantitative estimate of drug-likeness (QED) is 0.00533. The number of aliphatic hydroxyl groups is 1. The normalized spacial score (nSPS) is 15.9. The molecule has 2 aromatic carbocycles. The zero-order valence-corrected chi connectivity index (χ0v) is 60.1. The Balaban J connectivity index is 1.23. The van der Waals surface area contributed by atoms with Crippen molar-refractivity contribution in [1.29, 1.82) is 5.41 Å². The Kier molecular flexibility index (Phi) is 36.2. The van der Waals surface area contributed by atoms with Gasteiger partial charge in [0.1, 0.15) is 65.9 Å². The van der Waals surface area contributed by atoms with Crippen molar-refractivity contribution in [2.45, 2.75) is 158 Å². The van der Waals surface area contributed by atoms with Gasteiger partial charge in [0.25, 0.3) is 0 Å². The number of nitrogens with zero attached hydrogens (tertiary/aromatic N) is 5. The summed E-state index contributed by atoms with van der Waals surface area (Å²) in [6.45, 7) is 4.16. The Hall–Kier alpha value is -10.8. The summed E-state index contributed by atoms with van der Waals surface area (Å²) in [4.78, 5) is 181. The Morgan fingerprint density at radius 1 is 0.692 bits per heavy atom. The number of unbranched alkanes of at least 4 members (excludes halogenated alkanes) is 1. The summed E-state index contributed by atoms with van der Waals surface area (Å²) in [6.07, 6.45) is 5.38. The average Bonchev–Trinajstić information content (AvgIpc) is 1.76. The van der Waals surface area contributed by atoms with Crippen molar-refractivity contribution in [2.75, 3.05) is 85.5 Å². The van der Waals surface area contributed by atoms with Crippen molar-refractivity contribution in [3.8, 4) is 5.75 Å². The van der Waals surface area contributed by atoms with Crippen LogP contribution in [-0.4, -0.2) is 247 Å². The number of likely N-dealkylation sites (tertiary alicyclic amines) is 1. The van der Waals surface area contributed by atoms with Gasteiger partial charge in [0, 0.05) is 79.9 Å². The van der Waals surface area contributed by atoms with Crippen LogP contribution in [0.5, 0.6) is 5.75 Å². The van der Waals surface area contributed by atoms with E-state index in [2.05, 4.69) is 83.5 Å². The van der Waals surface area contributed by atoms with Crippen LogP contribution in [0.15, 0.2) is 72.4 Å². The molecule has 2 aromatic heterocycles. The largest absolute Gasteiger partial charge is 0.508 e. The Labute approximate surface area is 617 Å². The maximum absolute atomic E-state index is 15.1. The molecule has 2 saturated heterocycles. The van der Waals surface area contributed by atoms with Crippen molar-refractivity contribution in [3.63, 3.8) is 0 Å². The average molecular weight is 1500 g/mol. The van der Waals surface area contributed by atoms with E-state index in [4.69, 9.17) is 36.6 Å². The number of ether oxygens (including phenoxy) is 3. The van der Waals surface area contributed by atoms with Crippen molar-refractivity contribution in [2.24, 2.45) is 22.5 Å². The Morgan fingerprint density at radius 2 is 1.31 bits per heavy atom. The molecule has 0 radical (unpaired) electrons. The molecule has 0 spiro atoms. The number of amides is 11. The maximum Gasteiger partial charge on any atom is 0.245 e. The van der Waals surface area contributed by atoms with Gasteiger partial charge in [-0.3, -0.25) is 62.9 Å². The van der Waals surface area contributed by atoms with Crippen LogP contribution < -0.4 is 70.0 Å². The van der Waals surface area contributed by atoms with Crippen LogP contribution in [0, 0.1) is 11.3 Å². The molecule has 6 rings (SSSR count). The van der Waals surface area contributed by atoms with Crippen molar-refractivity contribution in [1.82, 2.24) is 78.3 Å². The number of aromatic hydroxyl groups is 1. The summed E-state index contributed by atoms with van der Waals surface area (Å²) < 4.78 is 16.3. The molecule has 4 heterocycles. The first-order valence-corrected chi connectivity index (χ1v) is 35.7. The maximum atomic E-state index is 15.1. The fraction of sp³-hybridized carbons (Fsp3) is 0.565. The molecule has 4 aromatic rings. The van der Waals surface area contributed by atoms with Crippen LogP contribution in [0.4, 0.5) is 0 Å². The van der Waals surface area contributed by atoms with Crippen LogP contribution in [0.2, 0.25) is 0 Å². The number of phenolic OH excluding ortho intramolecular Hbond substituents is 1. The minimum Gasteiger partial charge on any atom is -0.508 e. The van der Waals surface area contributed by atoms with Crippen molar-refractivity contribution >= 4 is 87.6 Å². The highest BCUT2D eigenvalue weighted by molar-refractivity contribution is 6.00. The van der Waals surface area contributed by atoms with Gasteiger partial charge in [-0.25, -0.2) is 4.98 Å². The standard InChI is InChI=1S/C69H101N21O17/c1-41(2)31-52(62(98)83-51(12-7-22-76-69(71)72)68(104)90-24-8-13-57(90)67(103)78-38-58(70)94)84-60(96)49(11-5-6-21-74-37-46(93)20-25-105-27-29-107-30-28-106-26-23-80-89-73)82-63(99)53(32-42-14-16-45(92)17-15-42)85-66(102)56(39-91)88-64(100)54(33-43-35-77-48-10-4-3-9-47(43)48)86-65(101)55(34-44-36-75-40-79-44)87-61(97)50-18-19-59(95)81-50/h3-4,9-10,14-17,35-36,40-41,49-57,74,77,91-92H,5-8,11-13,18-34,37-39H2,1-2H3,(H2,70,94)(H,75,79)(H,78,103)(H,81,95)(H,82,99)(H,83,98)(H,84,96)(H,85,102)(H,86,101)(H,87,97)(H,88,100)(H4,71,72,76). The predicted molar refractivity (Wildman–Crippen MR) is 386 cm³/mol. The second-order valence-electron chi connectivity index (χ2n) is 26.2. The lowest BCUT2D eigenvalue weighted by molar-refractivity contribution is -0.142. The molecule has 20 N–H and O–H groups in total. The number of nitrogens with two attached hydrogens (primary N) is 2. The number of aromatic nitrogens is 3. The van der Waals surface area contributed by atoms with E-state index in [0.29, 0.717) is 53.8 Å². The minimum atomic E-state index is -1.83. The first-order valence-electron chi connectivity index (χ1n) is 35.7. The molecular formula is C69H101N21O17. The number of Topliss-reactive ketones (excluding diaryl/α,β-unsaturated/α-hetero) is 1. The number of rotatable bonds is 50. The Bertz CT molecular complexity index is 3670. The van der Waals surface area contributed by atoms with Crippen LogP contribution in [0.1, 0.15) is 101 Å². The summed E-state index contributed by atoms with van der Waals surface area (Å²) in [7, 11) is 0. The molecule has 11 amide bonds. The molecule has 0 aliphatic carbocycles. The number of carbonyl (C=O) groups is 12. The van der Waals surface area contributed by atoms with Gasteiger partial charge in [-0.05, 0) is 105 Å². The fourth-order valence-corrected chi connectivity index (χ4v) is 11.9. The number of imidazole rings is 1. The number of carbonyl (C=O) groups excluding carboxylic acids is 12. The number of azide groups is 1. The van der Waals surface area contributed by atoms with E-state index in [0.717, 1.165) is 0 Å². The topological polar surface area (TPSA) is 578 Å². The van der Waals surface area contributed by atoms with Gasteiger partial charge >= 0.3 is 0 Å². The van der Waals surface area contributed by atoms with E-state index in [-0.39, 0.29) is 166 Å². The molecule has 0 bridgehead atoms. The van der Waals surface area contributed by atoms with Gasteiger partial charge in [-0.1, -0.05) is 49.3 Å². The lowest BCUT2D eigenvalue weighted by atomic mass is 10.00. The number of fused-ring (bicyclic) bond motifs is 1. The number of phenols is 1. The SMILES string of the molecule is CC(C)CC(NC(=O)C(CCCCNCC(=O)CCOCCOCCOCCN=[N+]=[N-])NC(=O)C(Cc1ccc(O)cc1)NC(=O)C(CO)NC(=O)C(Cc1c[nH]c2ccccc12)NC(=O)C(Cc1c[nH]cn1)NC(=O)C1CCC(=O)N1)C(=O)NC(CCCNC(=N)N)C(=O)N1CCCC1C(=O)NCC(N)=O. The Morgan fingerprint density at radius 3 is 1.96 bits per heavy atom. The molecule has 107 heavy (non-hydrogen) atoms. The number of primary amides is 1. The third kappa shape index (κ3) is 29.9. The molecule has 38 heteroatoms.